The molecule has 2 nitrogen and oxygen atoms in total. The van der Waals surface area contributed by atoms with Gasteiger partial charge in [-0.25, -0.2) is 4.39 Å². The van der Waals surface area contributed by atoms with Crippen molar-refractivity contribution in [2.24, 2.45) is 0 Å². The lowest BCUT2D eigenvalue weighted by Gasteiger charge is -2.14. The highest BCUT2D eigenvalue weighted by molar-refractivity contribution is 5.34. The molecule has 1 aromatic rings. The summed E-state index contributed by atoms with van der Waals surface area (Å²) in [6.07, 6.45) is 1.16. The van der Waals surface area contributed by atoms with Crippen molar-refractivity contribution in [2.45, 2.75) is 26.0 Å². The number of hydrogen-bond acceptors (Lipinski definition) is 2. The van der Waals surface area contributed by atoms with Crippen molar-refractivity contribution in [3.05, 3.63) is 29.6 Å². The van der Waals surface area contributed by atoms with E-state index in [1.165, 1.54) is 12.1 Å². The van der Waals surface area contributed by atoms with E-state index < -0.39 is 0 Å². The number of rotatable bonds is 1. The smallest absolute Gasteiger partial charge is 0.124 e. The van der Waals surface area contributed by atoms with Crippen molar-refractivity contribution in [2.75, 3.05) is 6.54 Å². The van der Waals surface area contributed by atoms with Crippen molar-refractivity contribution >= 4 is 0 Å². The normalized spacial score (nSPS) is 20.9. The van der Waals surface area contributed by atoms with Gasteiger partial charge in [0.1, 0.15) is 17.7 Å². The Labute approximate surface area is 83.1 Å². The van der Waals surface area contributed by atoms with Gasteiger partial charge in [0.2, 0.25) is 0 Å². The number of hydrogen-bond donors (Lipinski definition) is 1. The molecule has 2 rings (SSSR count). The Kier molecular flexibility index (Phi) is 2.68. The standard InChI is InChI=1S/C11H14FNO/c1-2-10-7-13-6-8-5-9(12)3-4-11(8)14-10/h3-5,10,13H,2,6-7H2,1H3/t10-/m1/s1. The van der Waals surface area contributed by atoms with Crippen LogP contribution in [0.1, 0.15) is 18.9 Å². The number of ether oxygens (including phenoxy) is 1. The SMILES string of the molecule is CC[C@@H]1CNCc2cc(F)ccc2O1. The van der Waals surface area contributed by atoms with E-state index in [2.05, 4.69) is 12.2 Å². The molecule has 0 spiro atoms. The highest BCUT2D eigenvalue weighted by atomic mass is 19.1. The zero-order valence-electron chi connectivity index (χ0n) is 8.22. The van der Waals surface area contributed by atoms with E-state index in [0.717, 1.165) is 24.3 Å². The molecule has 0 saturated carbocycles. The predicted octanol–water partition coefficient (Wildman–Crippen LogP) is 2.09. The summed E-state index contributed by atoms with van der Waals surface area (Å²) in [5, 5.41) is 3.24. The summed E-state index contributed by atoms with van der Waals surface area (Å²) < 4.78 is 18.7. The van der Waals surface area contributed by atoms with Crippen LogP contribution in [0.4, 0.5) is 4.39 Å². The molecule has 1 heterocycles. The molecular formula is C11H14FNO. The Morgan fingerprint density at radius 1 is 1.57 bits per heavy atom. The first-order valence-corrected chi connectivity index (χ1v) is 4.95. The number of benzene rings is 1. The fraction of sp³-hybridized carbons (Fsp3) is 0.455. The molecule has 0 aromatic heterocycles. The van der Waals surface area contributed by atoms with E-state index in [9.17, 15) is 4.39 Å². The Bertz CT molecular complexity index is 327. The van der Waals surface area contributed by atoms with E-state index in [4.69, 9.17) is 4.74 Å². The molecule has 0 unspecified atom stereocenters. The summed E-state index contributed by atoms with van der Waals surface area (Å²) in [6.45, 7) is 3.59. The molecule has 1 atom stereocenters. The second kappa shape index (κ2) is 3.96. The number of halogens is 1. The summed E-state index contributed by atoms with van der Waals surface area (Å²) in [5.74, 6) is 0.604. The maximum Gasteiger partial charge on any atom is 0.124 e. The van der Waals surface area contributed by atoms with E-state index in [1.54, 1.807) is 6.07 Å². The van der Waals surface area contributed by atoms with Crippen LogP contribution in [-0.4, -0.2) is 12.6 Å². The van der Waals surface area contributed by atoms with Crippen molar-refractivity contribution in [3.8, 4) is 5.75 Å². The van der Waals surface area contributed by atoms with Gasteiger partial charge in [-0.1, -0.05) is 6.92 Å². The molecule has 0 radical (unpaired) electrons. The average molecular weight is 195 g/mol. The van der Waals surface area contributed by atoms with Crippen molar-refractivity contribution in [1.82, 2.24) is 5.32 Å². The molecule has 0 amide bonds. The second-order valence-corrected chi connectivity index (χ2v) is 3.53. The van der Waals surface area contributed by atoms with E-state index in [1.807, 2.05) is 0 Å². The van der Waals surface area contributed by atoms with Gasteiger partial charge >= 0.3 is 0 Å². The molecule has 1 aromatic carbocycles. The predicted molar refractivity (Wildman–Crippen MR) is 52.8 cm³/mol. The molecule has 76 valence electrons. The lowest BCUT2D eigenvalue weighted by atomic mass is 10.2. The van der Waals surface area contributed by atoms with Gasteiger partial charge in [-0.3, -0.25) is 0 Å². The van der Waals surface area contributed by atoms with Gasteiger partial charge in [-0.15, -0.1) is 0 Å². The van der Waals surface area contributed by atoms with Crippen LogP contribution in [0.2, 0.25) is 0 Å². The fourth-order valence-electron chi connectivity index (χ4n) is 1.62. The molecule has 0 saturated heterocycles. The summed E-state index contributed by atoms with van der Waals surface area (Å²) in [7, 11) is 0. The first-order chi connectivity index (χ1) is 6.79. The molecule has 0 fully saturated rings. The monoisotopic (exact) mass is 195 g/mol. The molecule has 1 aliphatic heterocycles. The van der Waals surface area contributed by atoms with Crippen molar-refractivity contribution < 1.29 is 9.13 Å². The van der Waals surface area contributed by atoms with Crippen molar-refractivity contribution in [3.63, 3.8) is 0 Å². The maximum absolute atomic E-state index is 12.9. The summed E-state index contributed by atoms with van der Waals surface area (Å²) in [4.78, 5) is 0. The Hall–Kier alpha value is -1.09. The lowest BCUT2D eigenvalue weighted by Crippen LogP contribution is -2.27. The fourth-order valence-corrected chi connectivity index (χ4v) is 1.62. The van der Waals surface area contributed by atoms with Gasteiger partial charge < -0.3 is 10.1 Å². The van der Waals surface area contributed by atoms with Crippen molar-refractivity contribution in [1.29, 1.82) is 0 Å². The quantitative estimate of drug-likeness (QED) is 0.740. The number of fused-ring (bicyclic) bond motifs is 1. The number of nitrogens with one attached hydrogen (secondary N) is 1. The third-order valence-electron chi connectivity index (χ3n) is 2.46. The Morgan fingerprint density at radius 3 is 3.21 bits per heavy atom. The minimum Gasteiger partial charge on any atom is -0.489 e. The van der Waals surface area contributed by atoms with Gasteiger partial charge in [0.15, 0.2) is 0 Å². The lowest BCUT2D eigenvalue weighted by molar-refractivity contribution is 0.201. The van der Waals surface area contributed by atoms with Gasteiger partial charge in [0.25, 0.3) is 0 Å². The molecular weight excluding hydrogens is 181 g/mol. The van der Waals surface area contributed by atoms with Gasteiger partial charge in [-0.2, -0.15) is 0 Å². The first-order valence-electron chi connectivity index (χ1n) is 4.95. The maximum atomic E-state index is 12.9. The highest BCUT2D eigenvalue weighted by Gasteiger charge is 2.15. The third-order valence-corrected chi connectivity index (χ3v) is 2.46. The van der Waals surface area contributed by atoms with Crippen LogP contribution in [0.25, 0.3) is 0 Å². The van der Waals surface area contributed by atoms with Crippen LogP contribution in [-0.2, 0) is 6.54 Å². The van der Waals surface area contributed by atoms with Crippen LogP contribution in [0.15, 0.2) is 18.2 Å². The molecule has 0 aliphatic carbocycles. The van der Waals surface area contributed by atoms with Crippen LogP contribution < -0.4 is 10.1 Å². The molecule has 1 N–H and O–H groups in total. The Morgan fingerprint density at radius 2 is 2.43 bits per heavy atom. The second-order valence-electron chi connectivity index (χ2n) is 3.53. The third kappa shape index (κ3) is 1.87. The topological polar surface area (TPSA) is 21.3 Å². The summed E-state index contributed by atoms with van der Waals surface area (Å²) in [6, 6.07) is 4.68. The Balaban J connectivity index is 2.27. The molecule has 3 heteroatoms. The zero-order chi connectivity index (χ0) is 9.97. The zero-order valence-corrected chi connectivity index (χ0v) is 8.22. The van der Waals surface area contributed by atoms with Crippen LogP contribution in [0.3, 0.4) is 0 Å². The minimum atomic E-state index is -0.205. The molecule has 1 aliphatic rings. The van der Waals surface area contributed by atoms with Gasteiger partial charge in [-0.05, 0) is 24.6 Å². The highest BCUT2D eigenvalue weighted by Crippen LogP contribution is 2.23. The molecule has 14 heavy (non-hydrogen) atoms. The molecule has 0 bridgehead atoms. The van der Waals surface area contributed by atoms with Gasteiger partial charge in [0, 0.05) is 18.7 Å². The van der Waals surface area contributed by atoms with Gasteiger partial charge in [0.05, 0.1) is 0 Å². The summed E-state index contributed by atoms with van der Waals surface area (Å²) in [5.41, 5.74) is 0.904. The van der Waals surface area contributed by atoms with Crippen LogP contribution in [0, 0.1) is 5.82 Å². The first kappa shape index (κ1) is 9.46. The van der Waals surface area contributed by atoms with E-state index in [0.29, 0.717) is 6.54 Å². The largest absolute Gasteiger partial charge is 0.489 e. The minimum absolute atomic E-state index is 0.196. The average Bonchev–Trinajstić information content (AvgIpc) is 2.38. The summed E-state index contributed by atoms with van der Waals surface area (Å²) >= 11 is 0. The van der Waals surface area contributed by atoms with Crippen LogP contribution in [0.5, 0.6) is 5.75 Å². The van der Waals surface area contributed by atoms with E-state index in [-0.39, 0.29) is 11.9 Å². The van der Waals surface area contributed by atoms with Crippen LogP contribution >= 0.6 is 0 Å². The van der Waals surface area contributed by atoms with E-state index >= 15 is 0 Å².